The molecule has 1 aromatic heterocycles. The monoisotopic (exact) mass is 284 g/mol. The van der Waals surface area contributed by atoms with Crippen LogP contribution in [0.4, 0.5) is 0 Å². The highest BCUT2D eigenvalue weighted by Crippen LogP contribution is 2.27. The number of aromatic amines is 1. The molecule has 0 aliphatic heterocycles. The topological polar surface area (TPSA) is 79.0 Å². The van der Waals surface area contributed by atoms with Crippen LogP contribution in [0.15, 0.2) is 28.0 Å². The molecule has 1 aliphatic rings. The second-order valence-corrected chi connectivity index (χ2v) is 6.86. The Morgan fingerprint density at radius 1 is 1.37 bits per heavy atom. The van der Waals surface area contributed by atoms with E-state index in [2.05, 4.69) is 16.6 Å². The molecule has 2 rings (SSSR count). The van der Waals surface area contributed by atoms with Crippen LogP contribution in [-0.4, -0.2) is 19.4 Å². The van der Waals surface area contributed by atoms with E-state index in [0.29, 0.717) is 5.92 Å². The molecule has 2 N–H and O–H groups in total. The minimum Gasteiger partial charge on any atom is -0.328 e. The predicted molar refractivity (Wildman–Crippen MR) is 73.4 cm³/mol. The number of aromatic nitrogens is 1. The van der Waals surface area contributed by atoms with Crippen molar-refractivity contribution in [2.45, 2.75) is 50.0 Å². The van der Waals surface area contributed by atoms with Crippen LogP contribution in [0.5, 0.6) is 0 Å². The Labute approximate surface area is 113 Å². The summed E-state index contributed by atoms with van der Waals surface area (Å²) in [6, 6.07) is 2.57. The molecular weight excluding hydrogens is 264 g/mol. The summed E-state index contributed by atoms with van der Waals surface area (Å²) in [5.41, 5.74) is -0.303. The zero-order valence-corrected chi connectivity index (χ0v) is 11.9. The Morgan fingerprint density at radius 2 is 2.16 bits per heavy atom. The summed E-state index contributed by atoms with van der Waals surface area (Å²) in [6.07, 6.45) is 6.38. The maximum atomic E-state index is 12.2. The summed E-state index contributed by atoms with van der Waals surface area (Å²) in [7, 11) is -3.53. The summed E-state index contributed by atoms with van der Waals surface area (Å²) >= 11 is 0. The Balaban J connectivity index is 2.08. The standard InChI is InChI=1S/C13H20N2O3S/c1-2-10-4-3-5-11(8-10)15-19(17,18)12-6-7-13(16)14-9-12/h6-7,9-11,15H,2-5,8H2,1H3,(H,14,16). The molecule has 0 amide bonds. The summed E-state index contributed by atoms with van der Waals surface area (Å²) in [4.78, 5) is 13.5. The average Bonchev–Trinajstić information content (AvgIpc) is 2.39. The van der Waals surface area contributed by atoms with Gasteiger partial charge in [-0.3, -0.25) is 4.79 Å². The zero-order chi connectivity index (χ0) is 13.9. The maximum absolute atomic E-state index is 12.2. The highest BCUT2D eigenvalue weighted by molar-refractivity contribution is 7.89. The van der Waals surface area contributed by atoms with Crippen LogP contribution in [0.3, 0.4) is 0 Å². The molecule has 0 spiro atoms. The van der Waals surface area contributed by atoms with E-state index < -0.39 is 10.0 Å². The molecule has 1 fully saturated rings. The van der Waals surface area contributed by atoms with Crippen LogP contribution in [0.1, 0.15) is 39.0 Å². The fourth-order valence-corrected chi connectivity index (χ4v) is 3.87. The second-order valence-electron chi connectivity index (χ2n) is 5.15. The van der Waals surface area contributed by atoms with Gasteiger partial charge in [0, 0.05) is 18.3 Å². The molecule has 1 saturated carbocycles. The van der Waals surface area contributed by atoms with Gasteiger partial charge in [0.15, 0.2) is 0 Å². The predicted octanol–water partition coefficient (Wildman–Crippen LogP) is 1.62. The first-order valence-electron chi connectivity index (χ1n) is 6.72. The molecule has 5 nitrogen and oxygen atoms in total. The number of nitrogens with one attached hydrogen (secondary N) is 2. The normalized spacial score (nSPS) is 24.3. The van der Waals surface area contributed by atoms with Gasteiger partial charge in [-0.1, -0.05) is 26.2 Å². The summed E-state index contributed by atoms with van der Waals surface area (Å²) < 4.78 is 27.1. The summed E-state index contributed by atoms with van der Waals surface area (Å²) in [5.74, 6) is 0.608. The van der Waals surface area contributed by atoms with Crippen molar-refractivity contribution in [1.82, 2.24) is 9.71 Å². The van der Waals surface area contributed by atoms with Gasteiger partial charge in [-0.15, -0.1) is 0 Å². The number of sulfonamides is 1. The first-order chi connectivity index (χ1) is 9.01. The zero-order valence-electron chi connectivity index (χ0n) is 11.1. The van der Waals surface area contributed by atoms with E-state index in [1.807, 2.05) is 0 Å². The molecule has 19 heavy (non-hydrogen) atoms. The van der Waals surface area contributed by atoms with E-state index >= 15 is 0 Å². The van der Waals surface area contributed by atoms with Crippen LogP contribution in [0.25, 0.3) is 0 Å². The van der Waals surface area contributed by atoms with E-state index in [4.69, 9.17) is 0 Å². The lowest BCUT2D eigenvalue weighted by Gasteiger charge is -2.28. The van der Waals surface area contributed by atoms with Gasteiger partial charge in [-0.05, 0) is 24.8 Å². The lowest BCUT2D eigenvalue weighted by molar-refractivity contribution is 0.301. The molecule has 1 aliphatic carbocycles. The number of pyridine rings is 1. The van der Waals surface area contributed by atoms with E-state index in [9.17, 15) is 13.2 Å². The van der Waals surface area contributed by atoms with Crippen molar-refractivity contribution < 1.29 is 8.42 Å². The molecule has 0 bridgehead atoms. The van der Waals surface area contributed by atoms with Crippen LogP contribution in [0, 0.1) is 5.92 Å². The van der Waals surface area contributed by atoms with Crippen molar-refractivity contribution in [3.05, 3.63) is 28.7 Å². The Bertz CT molecular complexity index is 559. The van der Waals surface area contributed by atoms with Crippen molar-refractivity contribution in [3.8, 4) is 0 Å². The first-order valence-corrected chi connectivity index (χ1v) is 8.20. The van der Waals surface area contributed by atoms with Gasteiger partial charge >= 0.3 is 0 Å². The molecule has 2 atom stereocenters. The van der Waals surface area contributed by atoms with Gasteiger partial charge < -0.3 is 4.98 Å². The van der Waals surface area contributed by atoms with Crippen molar-refractivity contribution in [3.63, 3.8) is 0 Å². The van der Waals surface area contributed by atoms with Crippen LogP contribution in [0.2, 0.25) is 0 Å². The van der Waals surface area contributed by atoms with Gasteiger partial charge in [-0.2, -0.15) is 0 Å². The highest BCUT2D eigenvalue weighted by Gasteiger charge is 2.25. The Kier molecular flexibility index (Phi) is 4.42. The summed E-state index contributed by atoms with van der Waals surface area (Å²) in [6.45, 7) is 2.14. The van der Waals surface area contributed by atoms with Crippen molar-refractivity contribution in [1.29, 1.82) is 0 Å². The van der Waals surface area contributed by atoms with Crippen LogP contribution < -0.4 is 10.3 Å². The largest absolute Gasteiger partial charge is 0.328 e. The third-order valence-corrected chi connectivity index (χ3v) is 5.27. The van der Waals surface area contributed by atoms with Crippen molar-refractivity contribution >= 4 is 10.0 Å². The second kappa shape index (κ2) is 5.88. The van der Waals surface area contributed by atoms with Gasteiger partial charge in [0.2, 0.25) is 15.6 Å². The van der Waals surface area contributed by atoms with Crippen molar-refractivity contribution in [2.75, 3.05) is 0 Å². The van der Waals surface area contributed by atoms with E-state index in [0.717, 1.165) is 25.7 Å². The molecule has 0 saturated heterocycles. The van der Waals surface area contributed by atoms with Gasteiger partial charge in [0.25, 0.3) is 0 Å². The average molecular weight is 284 g/mol. The Hall–Kier alpha value is -1.14. The third kappa shape index (κ3) is 3.67. The SMILES string of the molecule is CCC1CCCC(NS(=O)(=O)c2ccc(=O)[nH]c2)C1. The third-order valence-electron chi connectivity index (χ3n) is 3.75. The molecule has 0 aromatic carbocycles. The van der Waals surface area contributed by atoms with Gasteiger partial charge in [0.1, 0.15) is 0 Å². The molecule has 2 unspecified atom stereocenters. The lowest BCUT2D eigenvalue weighted by Crippen LogP contribution is -2.38. The molecule has 6 heteroatoms. The van der Waals surface area contributed by atoms with Gasteiger partial charge in [0.05, 0.1) is 4.90 Å². The number of rotatable bonds is 4. The maximum Gasteiger partial charge on any atom is 0.247 e. The molecule has 106 valence electrons. The molecule has 1 heterocycles. The number of hydrogen-bond donors (Lipinski definition) is 2. The minimum absolute atomic E-state index is 0.00984. The van der Waals surface area contributed by atoms with Crippen LogP contribution in [-0.2, 0) is 10.0 Å². The quantitative estimate of drug-likeness (QED) is 0.882. The minimum atomic E-state index is -3.53. The Morgan fingerprint density at radius 3 is 2.79 bits per heavy atom. The fraction of sp³-hybridized carbons (Fsp3) is 0.615. The van der Waals surface area contributed by atoms with E-state index in [1.165, 1.54) is 24.8 Å². The van der Waals surface area contributed by atoms with Crippen LogP contribution >= 0.6 is 0 Å². The molecular formula is C13H20N2O3S. The molecule has 0 radical (unpaired) electrons. The summed E-state index contributed by atoms with van der Waals surface area (Å²) in [5, 5.41) is 0. The molecule has 1 aromatic rings. The fourth-order valence-electron chi connectivity index (χ4n) is 2.62. The number of hydrogen-bond acceptors (Lipinski definition) is 3. The lowest BCUT2D eigenvalue weighted by atomic mass is 9.85. The van der Waals surface area contributed by atoms with Crippen molar-refractivity contribution in [2.24, 2.45) is 5.92 Å². The van der Waals surface area contributed by atoms with Gasteiger partial charge in [-0.25, -0.2) is 13.1 Å². The first kappa shape index (κ1) is 14.3. The highest BCUT2D eigenvalue weighted by atomic mass is 32.2. The van der Waals surface area contributed by atoms with E-state index in [-0.39, 0.29) is 16.5 Å². The number of H-pyrrole nitrogens is 1. The smallest absolute Gasteiger partial charge is 0.247 e. The van der Waals surface area contributed by atoms with E-state index in [1.54, 1.807) is 0 Å².